The average molecular weight is 182 g/mol. The van der Waals surface area contributed by atoms with Crippen molar-refractivity contribution < 1.29 is 17.9 Å². The Balaban J connectivity index is 3.63. The van der Waals surface area contributed by atoms with Gasteiger partial charge in [0.25, 0.3) is 0 Å². The Bertz CT molecular complexity index is 222. The minimum atomic E-state index is -3.30. The van der Waals surface area contributed by atoms with Gasteiger partial charge < -0.3 is 10.5 Å². The van der Waals surface area contributed by atoms with Crippen LogP contribution in [0.15, 0.2) is 0 Å². The van der Waals surface area contributed by atoms with Gasteiger partial charge in [0.15, 0.2) is 0 Å². The third kappa shape index (κ3) is 5.62. The molecule has 0 bridgehead atoms. The lowest BCUT2D eigenvalue weighted by Gasteiger charge is -2.01. The van der Waals surface area contributed by atoms with Gasteiger partial charge in [-0.2, -0.15) is 0 Å². The number of nitrogens with two attached hydrogens (primary N) is 1. The summed E-state index contributed by atoms with van der Waals surface area (Å²) in [5, 5.41) is 0. The summed E-state index contributed by atoms with van der Waals surface area (Å²) in [5.74, 6) is -0.271. The summed E-state index contributed by atoms with van der Waals surface area (Å²) in [6, 6.07) is 0. The SMILES string of the molecule is CNS(=O)(=O)CCOC(N)=O. The summed E-state index contributed by atoms with van der Waals surface area (Å²) < 4.78 is 27.5. The fourth-order valence-corrected chi connectivity index (χ4v) is 0.861. The van der Waals surface area contributed by atoms with E-state index in [2.05, 4.69) is 15.2 Å². The maximum atomic E-state index is 10.6. The molecule has 0 radical (unpaired) electrons. The van der Waals surface area contributed by atoms with Gasteiger partial charge in [-0.25, -0.2) is 17.9 Å². The molecular formula is C4H10N2O4S. The number of nitrogens with one attached hydrogen (secondary N) is 1. The van der Waals surface area contributed by atoms with Crippen LogP contribution in [0.3, 0.4) is 0 Å². The Labute approximate surface area is 64.8 Å². The van der Waals surface area contributed by atoms with Crippen molar-refractivity contribution in [3.63, 3.8) is 0 Å². The molecule has 0 saturated heterocycles. The van der Waals surface area contributed by atoms with Crippen LogP contribution in [0.1, 0.15) is 0 Å². The van der Waals surface area contributed by atoms with Gasteiger partial charge in [-0.3, -0.25) is 0 Å². The Morgan fingerprint density at radius 2 is 2.18 bits per heavy atom. The molecule has 0 fully saturated rings. The van der Waals surface area contributed by atoms with E-state index < -0.39 is 16.1 Å². The molecule has 0 atom stereocenters. The zero-order chi connectivity index (χ0) is 8.91. The molecule has 0 rings (SSSR count). The first kappa shape index (κ1) is 10.2. The van der Waals surface area contributed by atoms with Crippen molar-refractivity contribution in [3.05, 3.63) is 0 Å². The van der Waals surface area contributed by atoms with Gasteiger partial charge >= 0.3 is 6.09 Å². The molecule has 0 spiro atoms. The van der Waals surface area contributed by atoms with Crippen LogP contribution in [0.25, 0.3) is 0 Å². The summed E-state index contributed by atoms with van der Waals surface area (Å²) in [6.07, 6.45) is -0.976. The maximum Gasteiger partial charge on any atom is 0.404 e. The van der Waals surface area contributed by atoms with E-state index in [0.717, 1.165) is 0 Å². The summed E-state index contributed by atoms with van der Waals surface area (Å²) in [6.45, 7) is -0.224. The van der Waals surface area contributed by atoms with E-state index in [9.17, 15) is 13.2 Å². The smallest absolute Gasteiger partial charge is 0.404 e. The molecule has 0 saturated carbocycles. The predicted octanol–water partition coefficient (Wildman–Crippen LogP) is -1.37. The molecule has 6 nitrogen and oxygen atoms in total. The number of ether oxygens (including phenoxy) is 1. The number of primary amides is 1. The van der Waals surface area contributed by atoms with Crippen LogP contribution in [-0.4, -0.2) is 33.9 Å². The Hall–Kier alpha value is -0.820. The van der Waals surface area contributed by atoms with E-state index in [-0.39, 0.29) is 12.4 Å². The zero-order valence-corrected chi connectivity index (χ0v) is 6.85. The molecule has 0 aromatic heterocycles. The summed E-state index contributed by atoms with van der Waals surface area (Å²) in [7, 11) is -2.02. The summed E-state index contributed by atoms with van der Waals surface area (Å²) >= 11 is 0. The van der Waals surface area contributed by atoms with Crippen molar-refractivity contribution in [2.45, 2.75) is 0 Å². The molecule has 0 aliphatic heterocycles. The topological polar surface area (TPSA) is 98.5 Å². The van der Waals surface area contributed by atoms with Gasteiger partial charge in [-0.1, -0.05) is 0 Å². The van der Waals surface area contributed by atoms with Gasteiger partial charge in [-0.15, -0.1) is 0 Å². The van der Waals surface area contributed by atoms with E-state index >= 15 is 0 Å². The maximum absolute atomic E-state index is 10.6. The molecule has 11 heavy (non-hydrogen) atoms. The lowest BCUT2D eigenvalue weighted by molar-refractivity contribution is 0.163. The highest BCUT2D eigenvalue weighted by Gasteiger charge is 2.06. The molecule has 0 aliphatic carbocycles. The normalized spacial score (nSPS) is 11.0. The monoisotopic (exact) mass is 182 g/mol. The van der Waals surface area contributed by atoms with Crippen molar-refractivity contribution >= 4 is 16.1 Å². The van der Waals surface area contributed by atoms with Gasteiger partial charge in [0, 0.05) is 0 Å². The molecule has 3 N–H and O–H groups in total. The van der Waals surface area contributed by atoms with Crippen LogP contribution in [-0.2, 0) is 14.8 Å². The Kier molecular flexibility index (Phi) is 3.83. The lowest BCUT2D eigenvalue weighted by Crippen LogP contribution is -2.26. The van der Waals surface area contributed by atoms with Crippen LogP contribution in [0, 0.1) is 0 Å². The van der Waals surface area contributed by atoms with E-state index in [1.165, 1.54) is 7.05 Å². The lowest BCUT2D eigenvalue weighted by atomic mass is 10.9. The number of carbonyl (C=O) groups is 1. The number of hydrogen-bond donors (Lipinski definition) is 2. The van der Waals surface area contributed by atoms with Gasteiger partial charge in [0.05, 0.1) is 5.75 Å². The number of hydrogen-bond acceptors (Lipinski definition) is 4. The van der Waals surface area contributed by atoms with Gasteiger partial charge in [-0.05, 0) is 7.05 Å². The van der Waals surface area contributed by atoms with E-state index in [4.69, 9.17) is 0 Å². The summed E-state index contributed by atoms with van der Waals surface area (Å²) in [4.78, 5) is 9.96. The van der Waals surface area contributed by atoms with E-state index in [1.54, 1.807) is 0 Å². The highest BCUT2D eigenvalue weighted by Crippen LogP contribution is 1.82. The van der Waals surface area contributed by atoms with Gasteiger partial charge in [0.1, 0.15) is 6.61 Å². The van der Waals surface area contributed by atoms with Crippen molar-refractivity contribution in [3.8, 4) is 0 Å². The van der Waals surface area contributed by atoms with Crippen LogP contribution >= 0.6 is 0 Å². The molecule has 0 aromatic carbocycles. The molecule has 1 amide bonds. The quantitative estimate of drug-likeness (QED) is 0.560. The molecule has 7 heteroatoms. The van der Waals surface area contributed by atoms with Crippen LogP contribution < -0.4 is 10.5 Å². The number of rotatable bonds is 4. The Morgan fingerprint density at radius 1 is 1.64 bits per heavy atom. The van der Waals surface area contributed by atoms with E-state index in [1.807, 2.05) is 0 Å². The molecule has 0 aromatic rings. The van der Waals surface area contributed by atoms with Gasteiger partial charge in [0.2, 0.25) is 10.0 Å². The van der Waals surface area contributed by atoms with Crippen molar-refractivity contribution in [2.75, 3.05) is 19.4 Å². The molecule has 0 heterocycles. The first-order valence-corrected chi connectivity index (χ1v) is 4.46. The average Bonchev–Trinajstić information content (AvgIpc) is 1.87. The van der Waals surface area contributed by atoms with Crippen LogP contribution in [0.4, 0.5) is 4.79 Å². The third-order valence-corrected chi connectivity index (χ3v) is 2.23. The fourth-order valence-electron chi connectivity index (χ4n) is 0.354. The first-order chi connectivity index (χ1) is 4.98. The molecule has 0 unspecified atom stereocenters. The highest BCUT2D eigenvalue weighted by molar-refractivity contribution is 7.89. The molecule has 0 aliphatic rings. The second kappa shape index (κ2) is 4.14. The second-order valence-corrected chi connectivity index (χ2v) is 3.74. The molecular weight excluding hydrogens is 172 g/mol. The number of sulfonamides is 1. The minimum Gasteiger partial charge on any atom is -0.449 e. The predicted molar refractivity (Wildman–Crippen MR) is 38.4 cm³/mol. The zero-order valence-electron chi connectivity index (χ0n) is 6.03. The van der Waals surface area contributed by atoms with Crippen LogP contribution in [0.2, 0.25) is 0 Å². The second-order valence-electron chi connectivity index (χ2n) is 1.69. The van der Waals surface area contributed by atoms with Crippen molar-refractivity contribution in [2.24, 2.45) is 5.73 Å². The van der Waals surface area contributed by atoms with Crippen molar-refractivity contribution in [1.82, 2.24) is 4.72 Å². The summed E-state index contributed by atoms with van der Waals surface area (Å²) in [5.41, 5.74) is 4.59. The number of amides is 1. The Morgan fingerprint density at radius 3 is 2.55 bits per heavy atom. The standard InChI is InChI=1S/C4H10N2O4S/c1-6-11(8,9)3-2-10-4(5)7/h6H,2-3H2,1H3,(H2,5,7). The van der Waals surface area contributed by atoms with E-state index in [0.29, 0.717) is 0 Å². The largest absolute Gasteiger partial charge is 0.449 e. The van der Waals surface area contributed by atoms with Crippen molar-refractivity contribution in [1.29, 1.82) is 0 Å². The first-order valence-electron chi connectivity index (χ1n) is 2.81. The minimum absolute atomic E-state index is 0.224. The van der Waals surface area contributed by atoms with Crippen LogP contribution in [0.5, 0.6) is 0 Å². The molecule has 66 valence electrons. The third-order valence-electron chi connectivity index (χ3n) is 0.907. The fraction of sp³-hybridized carbons (Fsp3) is 0.750. The number of carbonyl (C=O) groups excluding carboxylic acids is 1. The highest BCUT2D eigenvalue weighted by atomic mass is 32.2.